The van der Waals surface area contributed by atoms with Crippen LogP contribution in [0.4, 0.5) is 0 Å². The van der Waals surface area contributed by atoms with Gasteiger partial charge in [0.2, 0.25) is 5.91 Å². The summed E-state index contributed by atoms with van der Waals surface area (Å²) in [6.45, 7) is 4.66. The first-order valence-corrected chi connectivity index (χ1v) is 12.3. The van der Waals surface area contributed by atoms with Gasteiger partial charge in [0.05, 0.1) is 6.61 Å². The molecule has 158 valence electrons. The third kappa shape index (κ3) is 5.55. The highest BCUT2D eigenvalue weighted by molar-refractivity contribution is 7.98. The van der Waals surface area contributed by atoms with Crippen molar-refractivity contribution >= 4 is 17.7 Å². The first-order chi connectivity index (χ1) is 13.7. The van der Waals surface area contributed by atoms with Crippen molar-refractivity contribution < 1.29 is 9.53 Å². The Morgan fingerprint density at radius 3 is 2.75 bits per heavy atom. The van der Waals surface area contributed by atoms with Gasteiger partial charge in [0.15, 0.2) is 0 Å². The molecule has 0 unspecified atom stereocenters. The highest BCUT2D eigenvalue weighted by Crippen LogP contribution is 2.32. The van der Waals surface area contributed by atoms with E-state index in [1.165, 1.54) is 45.2 Å². The fourth-order valence-electron chi connectivity index (χ4n) is 4.96. The molecule has 2 aliphatic heterocycles. The number of aromatic nitrogens is 1. The summed E-state index contributed by atoms with van der Waals surface area (Å²) < 4.78 is 7.44. The van der Waals surface area contributed by atoms with E-state index < -0.39 is 0 Å². The highest BCUT2D eigenvalue weighted by Gasteiger charge is 2.35. The van der Waals surface area contributed by atoms with Crippen LogP contribution in [0.25, 0.3) is 0 Å². The molecule has 0 aliphatic carbocycles. The average molecular weight is 408 g/mol. The first-order valence-electron chi connectivity index (χ1n) is 10.9. The molecule has 0 N–H and O–H groups in total. The van der Waals surface area contributed by atoms with Crippen molar-refractivity contribution in [2.75, 3.05) is 51.9 Å². The minimum Gasteiger partial charge on any atom is -0.383 e. The molecular weight excluding hydrogens is 370 g/mol. The van der Waals surface area contributed by atoms with E-state index in [1.807, 2.05) is 36.3 Å². The van der Waals surface area contributed by atoms with Gasteiger partial charge in [-0.3, -0.25) is 4.79 Å². The summed E-state index contributed by atoms with van der Waals surface area (Å²) in [5.74, 6) is 1.85. The summed E-state index contributed by atoms with van der Waals surface area (Å²) in [5, 5.41) is 0. The van der Waals surface area contributed by atoms with Crippen LogP contribution in [0, 0.1) is 5.92 Å². The first kappa shape index (κ1) is 21.7. The lowest BCUT2D eigenvalue weighted by atomic mass is 9.83. The number of hydrogen-bond donors (Lipinski definition) is 0. The predicted octanol–water partition coefficient (Wildman–Crippen LogP) is 3.52. The van der Waals surface area contributed by atoms with Gasteiger partial charge in [-0.25, -0.2) is 0 Å². The molecule has 2 aliphatic rings. The molecule has 0 aromatic carbocycles. The number of amides is 1. The Bertz CT molecular complexity index is 578. The Morgan fingerprint density at radius 2 is 2.00 bits per heavy atom. The van der Waals surface area contributed by atoms with Crippen LogP contribution in [-0.4, -0.2) is 78.2 Å². The zero-order chi connectivity index (χ0) is 19.8. The molecule has 2 fully saturated rings. The van der Waals surface area contributed by atoms with Crippen molar-refractivity contribution in [3.8, 4) is 0 Å². The number of hydrogen-bond acceptors (Lipinski definition) is 4. The Balaban J connectivity index is 1.72. The van der Waals surface area contributed by atoms with Gasteiger partial charge in [-0.1, -0.05) is 6.42 Å². The summed E-state index contributed by atoms with van der Waals surface area (Å²) in [6.07, 6.45) is 13.5. The van der Waals surface area contributed by atoms with Crippen molar-refractivity contribution in [1.29, 1.82) is 0 Å². The van der Waals surface area contributed by atoms with Crippen LogP contribution in [0.1, 0.15) is 44.6 Å². The number of nitrogens with zero attached hydrogens (tertiary/aromatic N) is 3. The summed E-state index contributed by atoms with van der Waals surface area (Å²) in [4.78, 5) is 18.4. The van der Waals surface area contributed by atoms with E-state index in [9.17, 15) is 4.79 Å². The molecular formula is C22H37N3O2S. The second kappa shape index (κ2) is 11.3. The molecule has 0 saturated carbocycles. The third-order valence-electron chi connectivity index (χ3n) is 6.43. The van der Waals surface area contributed by atoms with Gasteiger partial charge in [0, 0.05) is 38.6 Å². The highest BCUT2D eigenvalue weighted by atomic mass is 32.2. The maximum Gasteiger partial charge on any atom is 0.245 e. The molecule has 28 heavy (non-hydrogen) atoms. The molecule has 3 heterocycles. The monoisotopic (exact) mass is 407 g/mol. The largest absolute Gasteiger partial charge is 0.383 e. The predicted molar refractivity (Wildman–Crippen MR) is 117 cm³/mol. The van der Waals surface area contributed by atoms with E-state index in [2.05, 4.69) is 20.6 Å². The number of ether oxygens (including phenoxy) is 1. The molecule has 1 aromatic rings. The van der Waals surface area contributed by atoms with Crippen molar-refractivity contribution in [2.45, 2.75) is 50.6 Å². The zero-order valence-corrected chi connectivity index (χ0v) is 18.4. The van der Waals surface area contributed by atoms with Crippen molar-refractivity contribution in [3.05, 3.63) is 24.5 Å². The van der Waals surface area contributed by atoms with Crippen LogP contribution in [0.2, 0.25) is 0 Å². The minimum absolute atomic E-state index is 0.106. The number of thioether (sulfide) groups is 1. The molecule has 0 bridgehead atoms. The molecule has 6 heteroatoms. The summed E-state index contributed by atoms with van der Waals surface area (Å²) in [5.41, 5.74) is 0. The lowest BCUT2D eigenvalue weighted by Gasteiger charge is -2.46. The maximum absolute atomic E-state index is 13.6. The Morgan fingerprint density at radius 1 is 1.21 bits per heavy atom. The Kier molecular flexibility index (Phi) is 8.74. The van der Waals surface area contributed by atoms with Crippen LogP contribution < -0.4 is 0 Å². The summed E-state index contributed by atoms with van der Waals surface area (Å²) in [6, 6.07) is 4.58. The number of carbonyl (C=O) groups is 1. The van der Waals surface area contributed by atoms with Gasteiger partial charge in [0.25, 0.3) is 0 Å². The van der Waals surface area contributed by atoms with Gasteiger partial charge in [0.1, 0.15) is 6.04 Å². The summed E-state index contributed by atoms with van der Waals surface area (Å²) in [7, 11) is 1.73. The van der Waals surface area contributed by atoms with E-state index in [-0.39, 0.29) is 11.9 Å². The fraction of sp³-hybridized carbons (Fsp3) is 0.773. The van der Waals surface area contributed by atoms with Crippen LogP contribution in [0.15, 0.2) is 24.5 Å². The quantitative estimate of drug-likeness (QED) is 0.595. The number of fused-ring (bicyclic) bond motifs is 1. The molecule has 5 nitrogen and oxygen atoms in total. The van der Waals surface area contributed by atoms with Gasteiger partial charge in [-0.05, 0) is 75.3 Å². The molecule has 1 aromatic heterocycles. The molecule has 3 atom stereocenters. The van der Waals surface area contributed by atoms with E-state index in [4.69, 9.17) is 4.74 Å². The second-order valence-corrected chi connectivity index (χ2v) is 9.19. The zero-order valence-electron chi connectivity index (χ0n) is 17.6. The lowest BCUT2D eigenvalue weighted by molar-refractivity contribution is -0.137. The number of methoxy groups -OCH3 is 1. The SMILES string of the molecule is COCCN(C[C@@H]1CCCN2CCCC[C@H]12)C(=O)[C@@H](CCSC)n1cccc1. The smallest absolute Gasteiger partial charge is 0.245 e. The summed E-state index contributed by atoms with van der Waals surface area (Å²) >= 11 is 1.81. The van der Waals surface area contributed by atoms with E-state index in [1.54, 1.807) is 7.11 Å². The van der Waals surface area contributed by atoms with Gasteiger partial charge < -0.3 is 19.1 Å². The Labute approximate surface area is 174 Å². The van der Waals surface area contributed by atoms with Gasteiger partial charge >= 0.3 is 0 Å². The standard InChI is InChI=1S/C22H37N3O2S/c1-27-16-15-25(18-19-8-7-14-23-11-4-3-9-20(19)23)22(26)21(10-17-28-2)24-12-5-6-13-24/h5-6,12-13,19-21H,3-4,7-11,14-18H2,1-2H3/t19-,20+,21+/m0/s1. The number of carbonyl (C=O) groups excluding carboxylic acids is 1. The van der Waals surface area contributed by atoms with E-state index >= 15 is 0 Å². The second-order valence-electron chi connectivity index (χ2n) is 8.21. The number of piperidine rings is 2. The molecule has 0 spiro atoms. The van der Waals surface area contributed by atoms with Crippen LogP contribution >= 0.6 is 11.8 Å². The Hall–Kier alpha value is -0.980. The van der Waals surface area contributed by atoms with Crippen molar-refractivity contribution in [3.63, 3.8) is 0 Å². The van der Waals surface area contributed by atoms with Crippen LogP contribution in [-0.2, 0) is 9.53 Å². The maximum atomic E-state index is 13.6. The lowest BCUT2D eigenvalue weighted by Crippen LogP contribution is -2.52. The van der Waals surface area contributed by atoms with E-state index in [0.717, 1.165) is 18.7 Å². The molecule has 3 rings (SSSR count). The molecule has 0 radical (unpaired) electrons. The van der Waals surface area contributed by atoms with E-state index in [0.29, 0.717) is 25.1 Å². The average Bonchev–Trinajstić information content (AvgIpc) is 3.26. The normalized spacial score (nSPS) is 23.9. The van der Waals surface area contributed by atoms with Gasteiger partial charge in [-0.2, -0.15) is 11.8 Å². The fourth-order valence-corrected chi connectivity index (χ4v) is 5.42. The molecule has 2 saturated heterocycles. The van der Waals surface area contributed by atoms with Crippen LogP contribution in [0.3, 0.4) is 0 Å². The van der Waals surface area contributed by atoms with Crippen LogP contribution in [0.5, 0.6) is 0 Å². The van der Waals surface area contributed by atoms with Crippen molar-refractivity contribution in [1.82, 2.24) is 14.4 Å². The topological polar surface area (TPSA) is 37.7 Å². The third-order valence-corrected chi connectivity index (χ3v) is 7.07. The minimum atomic E-state index is -0.106. The molecule has 1 amide bonds. The number of rotatable bonds is 10. The van der Waals surface area contributed by atoms with Gasteiger partial charge in [-0.15, -0.1) is 0 Å². The van der Waals surface area contributed by atoms with Crippen molar-refractivity contribution in [2.24, 2.45) is 5.92 Å².